The number of hydrogen-bond donors (Lipinski definition) is 2. The van der Waals surface area contributed by atoms with Crippen LogP contribution in [-0.2, 0) is 0 Å². The second-order valence-electron chi connectivity index (χ2n) is 2.65. The minimum absolute atomic E-state index is 0.271. The molecular formula is C7H14INO4S. The molecule has 14 heavy (non-hydrogen) atoms. The van der Waals surface area contributed by atoms with Crippen molar-refractivity contribution < 1.29 is 36.5 Å². The molecule has 7 heteroatoms. The predicted molar refractivity (Wildman–Crippen MR) is 46.8 cm³/mol. The summed E-state index contributed by atoms with van der Waals surface area (Å²) < 4.78 is 24.5. The molecule has 0 fully saturated rings. The van der Waals surface area contributed by atoms with Crippen molar-refractivity contribution in [3.8, 4) is 0 Å². The SMILES string of the molecule is CC1=C(CCO)SCN1C.[O-][I+2]([O-])O. The molecular weight excluding hydrogens is 321 g/mol. The maximum absolute atomic E-state index is 8.68. The molecule has 0 aromatic rings. The Balaban J connectivity index is 0.000000364. The van der Waals surface area contributed by atoms with Gasteiger partial charge in [0.2, 0.25) is 0 Å². The highest BCUT2D eigenvalue weighted by atomic mass is 127. The van der Waals surface area contributed by atoms with Gasteiger partial charge in [-0.3, -0.25) is 0 Å². The Bertz CT molecular complexity index is 197. The van der Waals surface area contributed by atoms with Gasteiger partial charge < -0.3 is 16.9 Å². The smallest absolute Gasteiger partial charge is 0.396 e. The van der Waals surface area contributed by atoms with Crippen molar-refractivity contribution in [2.75, 3.05) is 19.5 Å². The van der Waals surface area contributed by atoms with Crippen LogP contribution >= 0.6 is 11.8 Å². The van der Waals surface area contributed by atoms with Crippen LogP contribution in [0.3, 0.4) is 0 Å². The van der Waals surface area contributed by atoms with Crippen LogP contribution in [0.15, 0.2) is 10.6 Å². The number of nitrogens with zero attached hydrogens (tertiary/aromatic N) is 1. The zero-order valence-corrected chi connectivity index (χ0v) is 11.0. The molecule has 0 aromatic carbocycles. The van der Waals surface area contributed by atoms with E-state index >= 15 is 0 Å². The maximum atomic E-state index is 8.68. The minimum atomic E-state index is -3.76. The molecule has 1 aliphatic rings. The molecule has 0 saturated carbocycles. The van der Waals surface area contributed by atoms with Gasteiger partial charge in [-0.25, -0.2) is 0 Å². The van der Waals surface area contributed by atoms with E-state index in [0.29, 0.717) is 0 Å². The molecule has 1 heterocycles. The summed E-state index contributed by atoms with van der Waals surface area (Å²) in [6.07, 6.45) is 0.820. The van der Waals surface area contributed by atoms with Gasteiger partial charge in [0.25, 0.3) is 0 Å². The Kier molecular flexibility index (Phi) is 7.97. The van der Waals surface area contributed by atoms with Gasteiger partial charge in [0.1, 0.15) is 0 Å². The van der Waals surface area contributed by atoms with E-state index in [4.69, 9.17) is 15.4 Å². The zero-order chi connectivity index (χ0) is 11.1. The summed E-state index contributed by atoms with van der Waals surface area (Å²) in [5.74, 6) is 1.04. The molecule has 0 radical (unpaired) electrons. The highest BCUT2D eigenvalue weighted by molar-refractivity contribution is 8.03. The van der Waals surface area contributed by atoms with E-state index in [1.807, 2.05) is 11.8 Å². The molecule has 0 bridgehead atoms. The third-order valence-electron chi connectivity index (χ3n) is 1.75. The summed E-state index contributed by atoms with van der Waals surface area (Å²) in [4.78, 5) is 3.54. The lowest BCUT2D eigenvalue weighted by atomic mass is 10.3. The number of halogens is 1. The average molecular weight is 335 g/mol. The van der Waals surface area contributed by atoms with Crippen molar-refractivity contribution in [1.82, 2.24) is 4.90 Å². The van der Waals surface area contributed by atoms with E-state index in [-0.39, 0.29) is 6.61 Å². The van der Waals surface area contributed by atoms with Crippen LogP contribution in [0.2, 0.25) is 0 Å². The van der Waals surface area contributed by atoms with Gasteiger partial charge >= 0.3 is 21.1 Å². The Morgan fingerprint density at radius 2 is 2.07 bits per heavy atom. The van der Waals surface area contributed by atoms with Crippen molar-refractivity contribution in [2.45, 2.75) is 13.3 Å². The monoisotopic (exact) mass is 335 g/mol. The van der Waals surface area contributed by atoms with Crippen molar-refractivity contribution >= 4 is 11.8 Å². The summed E-state index contributed by atoms with van der Waals surface area (Å²) in [6, 6.07) is 0. The largest absolute Gasteiger partial charge is 0.503 e. The Morgan fingerprint density at radius 3 is 2.36 bits per heavy atom. The number of allylic oxidation sites excluding steroid dienone is 1. The molecule has 0 aliphatic carbocycles. The molecule has 2 N–H and O–H groups in total. The Morgan fingerprint density at radius 1 is 1.57 bits per heavy atom. The first-order chi connectivity index (χ1) is 6.49. The summed E-state index contributed by atoms with van der Waals surface area (Å²) >= 11 is -1.93. The first kappa shape index (κ1) is 14.5. The highest BCUT2D eigenvalue weighted by Crippen LogP contribution is 2.31. The van der Waals surface area contributed by atoms with Crippen molar-refractivity contribution in [2.24, 2.45) is 0 Å². The minimum Gasteiger partial charge on any atom is -0.396 e. The van der Waals surface area contributed by atoms with Crippen LogP contribution in [0.1, 0.15) is 13.3 Å². The summed E-state index contributed by atoms with van der Waals surface area (Å²) in [6.45, 7) is 2.37. The van der Waals surface area contributed by atoms with E-state index in [1.165, 1.54) is 10.6 Å². The maximum Gasteiger partial charge on any atom is 0.503 e. The van der Waals surface area contributed by atoms with Gasteiger partial charge in [-0.15, -0.1) is 11.8 Å². The third kappa shape index (κ3) is 6.04. The molecule has 84 valence electrons. The van der Waals surface area contributed by atoms with Gasteiger partial charge in [0, 0.05) is 30.7 Å². The number of aliphatic hydroxyl groups is 1. The summed E-state index contributed by atoms with van der Waals surface area (Å²) in [5.41, 5.74) is 1.32. The molecule has 0 saturated heterocycles. The van der Waals surface area contributed by atoms with Crippen LogP contribution in [0.4, 0.5) is 0 Å². The normalized spacial score (nSPS) is 16.1. The highest BCUT2D eigenvalue weighted by Gasteiger charge is 2.14. The topological polar surface area (TPSA) is 89.8 Å². The second-order valence-corrected chi connectivity index (χ2v) is 4.84. The van der Waals surface area contributed by atoms with Crippen molar-refractivity contribution in [3.05, 3.63) is 10.6 Å². The molecule has 5 nitrogen and oxygen atoms in total. The zero-order valence-electron chi connectivity index (χ0n) is 8.07. The van der Waals surface area contributed by atoms with Crippen LogP contribution in [0.5, 0.6) is 0 Å². The lowest BCUT2D eigenvalue weighted by molar-refractivity contribution is -1.63. The van der Waals surface area contributed by atoms with E-state index in [9.17, 15) is 0 Å². The molecule has 0 spiro atoms. The fourth-order valence-electron chi connectivity index (χ4n) is 0.944. The lowest BCUT2D eigenvalue weighted by Gasteiger charge is -2.09. The van der Waals surface area contributed by atoms with Crippen LogP contribution in [0.25, 0.3) is 0 Å². The third-order valence-corrected chi connectivity index (χ3v) is 3.11. The van der Waals surface area contributed by atoms with Gasteiger partial charge in [0.05, 0.1) is 5.88 Å². The summed E-state index contributed by atoms with van der Waals surface area (Å²) in [5, 5.41) is 8.66. The predicted octanol–water partition coefficient (Wildman–Crippen LogP) is -4.69. The molecule has 0 amide bonds. The van der Waals surface area contributed by atoms with E-state index < -0.39 is 21.1 Å². The lowest BCUT2D eigenvalue weighted by Crippen LogP contribution is -3.98. The van der Waals surface area contributed by atoms with Crippen molar-refractivity contribution in [1.29, 1.82) is 0 Å². The van der Waals surface area contributed by atoms with Gasteiger partial charge in [-0.1, -0.05) is 0 Å². The number of hydrogen-bond acceptors (Lipinski definition) is 6. The Hall–Kier alpha value is 0.460. The standard InChI is InChI=1S/C7H13NOS.HIO3/c1-6-7(3-4-9)10-5-8(6)2;2-1(3)4/h9H,3-5H2,1-2H3;2H. The molecule has 0 atom stereocenters. The van der Waals surface area contributed by atoms with E-state index in [2.05, 4.69) is 18.9 Å². The second kappa shape index (κ2) is 7.71. The average Bonchev–Trinajstić information content (AvgIpc) is 2.36. The van der Waals surface area contributed by atoms with E-state index in [0.717, 1.165) is 12.3 Å². The quantitative estimate of drug-likeness (QED) is 0.493. The molecule has 1 aliphatic heterocycles. The molecule has 1 rings (SSSR count). The summed E-state index contributed by atoms with van der Waals surface area (Å²) in [7, 11) is 2.08. The first-order valence-electron chi connectivity index (χ1n) is 3.88. The fraction of sp³-hybridized carbons (Fsp3) is 0.714. The molecule has 0 aromatic heterocycles. The fourth-order valence-corrected chi connectivity index (χ4v) is 2.09. The molecule has 0 unspecified atom stereocenters. The van der Waals surface area contributed by atoms with Crippen LogP contribution in [-0.4, -0.2) is 33.0 Å². The van der Waals surface area contributed by atoms with Crippen LogP contribution in [0, 0.1) is 0 Å². The Labute approximate surface area is 96.5 Å². The first-order valence-corrected chi connectivity index (χ1v) is 7.59. The van der Waals surface area contributed by atoms with Crippen molar-refractivity contribution in [3.63, 3.8) is 0 Å². The number of rotatable bonds is 2. The van der Waals surface area contributed by atoms with Gasteiger partial charge in [-0.2, -0.15) is 0 Å². The van der Waals surface area contributed by atoms with Gasteiger partial charge in [-0.05, 0) is 10.4 Å². The van der Waals surface area contributed by atoms with E-state index in [1.54, 1.807) is 0 Å². The van der Waals surface area contributed by atoms with Crippen LogP contribution < -0.4 is 27.9 Å². The number of thioether (sulfide) groups is 1. The van der Waals surface area contributed by atoms with Gasteiger partial charge in [0.15, 0.2) is 0 Å². The number of aliphatic hydroxyl groups excluding tert-OH is 1.